The Kier molecular flexibility index (Phi) is 6.11. The number of hydrogen-bond donors (Lipinski definition) is 2. The first-order valence-corrected chi connectivity index (χ1v) is 8.23. The summed E-state index contributed by atoms with van der Waals surface area (Å²) in [6.45, 7) is 9.96. The Labute approximate surface area is 118 Å². The molecule has 2 N–H and O–H groups in total. The largest absolute Gasteiger partial charge is 0.376 e. The van der Waals surface area contributed by atoms with Gasteiger partial charge in [0.15, 0.2) is 0 Å². The molecule has 0 amide bonds. The Hall–Kier alpha value is -0.120. The van der Waals surface area contributed by atoms with Crippen LogP contribution in [0.1, 0.15) is 52.4 Å². The summed E-state index contributed by atoms with van der Waals surface area (Å²) < 4.78 is 5.74. The van der Waals surface area contributed by atoms with Gasteiger partial charge in [-0.05, 0) is 43.6 Å². The van der Waals surface area contributed by atoms with Gasteiger partial charge in [-0.15, -0.1) is 0 Å². The van der Waals surface area contributed by atoms with Gasteiger partial charge in [0, 0.05) is 19.6 Å². The number of nitrogens with one attached hydrogen (secondary N) is 2. The fraction of sp³-hybridized carbons (Fsp3) is 1.00. The minimum Gasteiger partial charge on any atom is -0.376 e. The molecule has 2 fully saturated rings. The lowest BCUT2D eigenvalue weighted by molar-refractivity contribution is 0.0233. The van der Waals surface area contributed by atoms with Crippen molar-refractivity contribution in [3.05, 3.63) is 0 Å². The lowest BCUT2D eigenvalue weighted by Gasteiger charge is -2.32. The second kappa shape index (κ2) is 7.61. The minimum atomic E-state index is 0.422. The molecule has 1 saturated carbocycles. The maximum atomic E-state index is 5.74. The Morgan fingerprint density at radius 1 is 1.32 bits per heavy atom. The zero-order valence-corrected chi connectivity index (χ0v) is 12.8. The summed E-state index contributed by atoms with van der Waals surface area (Å²) in [5.74, 6) is 0.825. The van der Waals surface area contributed by atoms with Crippen molar-refractivity contribution < 1.29 is 4.74 Å². The highest BCUT2D eigenvalue weighted by molar-refractivity contribution is 4.87. The SMILES string of the molecule is CC(C)CC1(CNCCC2CNCCO2)CCCC1. The van der Waals surface area contributed by atoms with Gasteiger partial charge in [-0.25, -0.2) is 0 Å². The molecular formula is C16H32N2O. The van der Waals surface area contributed by atoms with Gasteiger partial charge < -0.3 is 15.4 Å². The highest BCUT2D eigenvalue weighted by Gasteiger charge is 2.33. The molecule has 2 aliphatic rings. The van der Waals surface area contributed by atoms with Gasteiger partial charge in [-0.3, -0.25) is 0 Å². The van der Waals surface area contributed by atoms with E-state index in [-0.39, 0.29) is 0 Å². The molecule has 2 rings (SSSR count). The van der Waals surface area contributed by atoms with E-state index >= 15 is 0 Å². The zero-order chi connectivity index (χ0) is 13.6. The molecule has 1 unspecified atom stereocenters. The summed E-state index contributed by atoms with van der Waals surface area (Å²) in [5.41, 5.74) is 0.597. The molecule has 0 aromatic rings. The lowest BCUT2D eigenvalue weighted by atomic mass is 9.78. The summed E-state index contributed by atoms with van der Waals surface area (Å²) in [6, 6.07) is 0. The van der Waals surface area contributed by atoms with Crippen LogP contribution in [0.4, 0.5) is 0 Å². The first-order valence-electron chi connectivity index (χ1n) is 8.23. The number of rotatable bonds is 7. The summed E-state index contributed by atoms with van der Waals surface area (Å²) in [5, 5.41) is 7.11. The predicted octanol–water partition coefficient (Wildman–Crippen LogP) is 2.56. The van der Waals surface area contributed by atoms with Crippen molar-refractivity contribution in [2.24, 2.45) is 11.3 Å². The molecule has 0 aromatic carbocycles. The molecule has 3 nitrogen and oxygen atoms in total. The van der Waals surface area contributed by atoms with E-state index in [0.29, 0.717) is 11.5 Å². The van der Waals surface area contributed by atoms with Crippen LogP contribution in [0.5, 0.6) is 0 Å². The highest BCUT2D eigenvalue weighted by atomic mass is 16.5. The predicted molar refractivity (Wildman–Crippen MR) is 80.5 cm³/mol. The molecule has 1 aliphatic heterocycles. The van der Waals surface area contributed by atoms with Gasteiger partial charge in [-0.2, -0.15) is 0 Å². The third kappa shape index (κ3) is 5.05. The van der Waals surface area contributed by atoms with E-state index in [1.165, 1.54) is 38.6 Å². The first-order chi connectivity index (χ1) is 9.20. The quantitative estimate of drug-likeness (QED) is 0.696. The van der Waals surface area contributed by atoms with E-state index in [1.807, 2.05) is 0 Å². The molecule has 1 saturated heterocycles. The normalized spacial score (nSPS) is 27.0. The minimum absolute atomic E-state index is 0.422. The van der Waals surface area contributed by atoms with Crippen LogP contribution in [0.25, 0.3) is 0 Å². The van der Waals surface area contributed by atoms with Gasteiger partial charge in [0.25, 0.3) is 0 Å². The van der Waals surface area contributed by atoms with E-state index in [9.17, 15) is 0 Å². The van der Waals surface area contributed by atoms with Crippen LogP contribution in [-0.4, -0.2) is 38.9 Å². The van der Waals surface area contributed by atoms with Crippen molar-refractivity contribution in [2.45, 2.75) is 58.5 Å². The van der Waals surface area contributed by atoms with Crippen LogP contribution in [0, 0.1) is 11.3 Å². The maximum Gasteiger partial charge on any atom is 0.0712 e. The molecule has 0 bridgehead atoms. The van der Waals surface area contributed by atoms with E-state index in [4.69, 9.17) is 4.74 Å². The monoisotopic (exact) mass is 268 g/mol. The van der Waals surface area contributed by atoms with Gasteiger partial charge in [0.2, 0.25) is 0 Å². The molecule has 1 heterocycles. The molecule has 112 valence electrons. The summed E-state index contributed by atoms with van der Waals surface area (Å²) >= 11 is 0. The molecule has 0 aromatic heterocycles. The van der Waals surface area contributed by atoms with E-state index < -0.39 is 0 Å². The third-order valence-corrected chi connectivity index (χ3v) is 4.65. The number of morpholine rings is 1. The Morgan fingerprint density at radius 2 is 2.11 bits per heavy atom. The van der Waals surface area contributed by atoms with Crippen LogP contribution < -0.4 is 10.6 Å². The number of ether oxygens (including phenoxy) is 1. The van der Waals surface area contributed by atoms with Crippen molar-refractivity contribution in [1.82, 2.24) is 10.6 Å². The van der Waals surface area contributed by atoms with Crippen molar-refractivity contribution >= 4 is 0 Å². The topological polar surface area (TPSA) is 33.3 Å². The molecule has 3 heteroatoms. The second-order valence-corrected chi connectivity index (χ2v) is 6.97. The van der Waals surface area contributed by atoms with Gasteiger partial charge >= 0.3 is 0 Å². The van der Waals surface area contributed by atoms with Crippen LogP contribution in [0.2, 0.25) is 0 Å². The van der Waals surface area contributed by atoms with Crippen LogP contribution in [0.3, 0.4) is 0 Å². The smallest absolute Gasteiger partial charge is 0.0712 e. The zero-order valence-electron chi connectivity index (χ0n) is 12.8. The molecule has 1 atom stereocenters. The van der Waals surface area contributed by atoms with E-state index in [0.717, 1.165) is 38.6 Å². The molecule has 19 heavy (non-hydrogen) atoms. The summed E-state index contributed by atoms with van der Waals surface area (Å²) in [4.78, 5) is 0. The van der Waals surface area contributed by atoms with E-state index in [1.54, 1.807) is 0 Å². The Bertz CT molecular complexity index is 243. The summed E-state index contributed by atoms with van der Waals surface area (Å²) in [7, 11) is 0. The van der Waals surface area contributed by atoms with E-state index in [2.05, 4.69) is 24.5 Å². The Morgan fingerprint density at radius 3 is 2.74 bits per heavy atom. The number of hydrogen-bond acceptors (Lipinski definition) is 3. The van der Waals surface area contributed by atoms with Crippen molar-refractivity contribution in [3.63, 3.8) is 0 Å². The van der Waals surface area contributed by atoms with Crippen LogP contribution in [-0.2, 0) is 4.74 Å². The van der Waals surface area contributed by atoms with Gasteiger partial charge in [0.1, 0.15) is 0 Å². The van der Waals surface area contributed by atoms with Crippen LogP contribution in [0.15, 0.2) is 0 Å². The average Bonchev–Trinajstić information content (AvgIpc) is 2.84. The van der Waals surface area contributed by atoms with Gasteiger partial charge in [-0.1, -0.05) is 26.7 Å². The van der Waals surface area contributed by atoms with Crippen molar-refractivity contribution in [3.8, 4) is 0 Å². The summed E-state index contributed by atoms with van der Waals surface area (Å²) in [6.07, 6.45) is 8.69. The fourth-order valence-electron chi connectivity index (χ4n) is 3.87. The Balaban J connectivity index is 1.64. The highest BCUT2D eigenvalue weighted by Crippen LogP contribution is 2.42. The molecule has 0 radical (unpaired) electrons. The standard InChI is InChI=1S/C16H32N2O/c1-14(2)11-16(6-3-4-7-16)13-18-8-5-15-12-17-9-10-19-15/h14-15,17-18H,3-13H2,1-2H3. The molecular weight excluding hydrogens is 236 g/mol. The van der Waals surface area contributed by atoms with Crippen molar-refractivity contribution in [2.75, 3.05) is 32.8 Å². The van der Waals surface area contributed by atoms with Crippen molar-refractivity contribution in [1.29, 1.82) is 0 Å². The molecule has 1 aliphatic carbocycles. The molecule has 0 spiro atoms. The second-order valence-electron chi connectivity index (χ2n) is 6.97. The van der Waals surface area contributed by atoms with Gasteiger partial charge in [0.05, 0.1) is 12.7 Å². The fourth-order valence-corrected chi connectivity index (χ4v) is 3.87. The lowest BCUT2D eigenvalue weighted by Crippen LogP contribution is -2.41. The van der Waals surface area contributed by atoms with Crippen LogP contribution >= 0.6 is 0 Å². The third-order valence-electron chi connectivity index (χ3n) is 4.65. The average molecular weight is 268 g/mol. The first kappa shape index (κ1) is 15.3. The maximum absolute atomic E-state index is 5.74.